The van der Waals surface area contributed by atoms with Gasteiger partial charge in [0.05, 0.1) is 13.2 Å². The molecule has 0 aromatic heterocycles. The van der Waals surface area contributed by atoms with Gasteiger partial charge in [0.2, 0.25) is 0 Å². The van der Waals surface area contributed by atoms with Crippen LogP contribution in [0.2, 0.25) is 18.1 Å². The molecule has 0 saturated carbocycles. The molecule has 1 aromatic rings. The molecule has 0 spiro atoms. The van der Waals surface area contributed by atoms with E-state index in [1.54, 1.807) is 4.90 Å². The number of amides is 2. The lowest BCUT2D eigenvalue weighted by Gasteiger charge is -2.41. The molecule has 360 valence electrons. The predicted octanol–water partition coefficient (Wildman–Crippen LogP) is 13.1. The minimum absolute atomic E-state index is 0.0847. The normalized spacial score (nSPS) is 13.0. The fourth-order valence-electron chi connectivity index (χ4n) is 6.43. The van der Waals surface area contributed by atoms with Crippen LogP contribution in [0.1, 0.15) is 173 Å². The summed E-state index contributed by atoms with van der Waals surface area (Å²) in [6.07, 6.45) is 16.3. The number of rotatable bonds is 27. The van der Waals surface area contributed by atoms with E-state index in [4.69, 9.17) is 23.4 Å². The molecule has 0 aliphatic rings. The summed E-state index contributed by atoms with van der Waals surface area (Å²) in [7, 11) is -1.96. The Balaban J connectivity index is 2.54. The highest BCUT2D eigenvalue weighted by Gasteiger charge is 2.39. The van der Waals surface area contributed by atoms with Gasteiger partial charge in [-0.25, -0.2) is 9.59 Å². The summed E-state index contributed by atoms with van der Waals surface area (Å²) in [6, 6.07) is 9.66. The maximum Gasteiger partial charge on any atom is 0.410 e. The first-order valence-corrected chi connectivity index (χ1v) is 26.3. The summed E-state index contributed by atoms with van der Waals surface area (Å²) in [6.45, 7) is 32.0. The number of esters is 2. The SMILES string of the molecule is CC(C)(C)OC(=O)N(CCOC(=O)CCC/C=C\CCCC(C)(C)N(CCO[Si](C)(C)C(C)(C)C)C(=O)OC(C)(C)C)C(C)(C)CCC/C=C\CCCC(=O)OCc1ccccc1. The van der Waals surface area contributed by atoms with Crippen molar-refractivity contribution in [3.63, 3.8) is 0 Å². The fourth-order valence-corrected chi connectivity index (χ4v) is 7.47. The van der Waals surface area contributed by atoms with Crippen LogP contribution >= 0.6 is 0 Å². The smallest absolute Gasteiger partial charge is 0.410 e. The number of unbranched alkanes of at least 4 members (excludes halogenated alkanes) is 4. The van der Waals surface area contributed by atoms with Gasteiger partial charge in [-0.05, 0) is 157 Å². The van der Waals surface area contributed by atoms with E-state index in [0.717, 1.165) is 63.4 Å². The Hall–Kier alpha value is -3.64. The number of nitrogens with zero attached hydrogens (tertiary/aromatic N) is 2. The first-order chi connectivity index (χ1) is 29.1. The second-order valence-corrected chi connectivity index (χ2v) is 26.2. The number of hydrogen-bond donors (Lipinski definition) is 0. The predicted molar refractivity (Wildman–Crippen MR) is 258 cm³/mol. The maximum atomic E-state index is 13.4. The molecule has 0 unspecified atom stereocenters. The summed E-state index contributed by atoms with van der Waals surface area (Å²) in [5, 5.41) is 0.0847. The number of benzene rings is 1. The minimum Gasteiger partial charge on any atom is -0.464 e. The Labute approximate surface area is 384 Å². The van der Waals surface area contributed by atoms with Gasteiger partial charge in [-0.3, -0.25) is 14.5 Å². The van der Waals surface area contributed by atoms with Gasteiger partial charge < -0.3 is 28.3 Å². The largest absolute Gasteiger partial charge is 0.464 e. The zero-order chi connectivity index (χ0) is 48.0. The standard InChI is InChI=1S/C51H88N2O9Si/c1-47(2,3)61-45(56)52(50(10,11)35-29-22-19-17-21-28-34-44(55)59-41-42-31-25-24-26-32-42)37-39-58-43(54)33-27-20-16-18-23-30-36-51(12,13)53(46(57)62-48(4,5)6)38-40-60-63(14,15)49(7,8)9/h16-19,24-26,31-32H,20-23,27-30,33-41H2,1-15H3/b18-16-,19-17-. The van der Waals surface area contributed by atoms with Gasteiger partial charge in [0.1, 0.15) is 24.4 Å². The summed E-state index contributed by atoms with van der Waals surface area (Å²) in [5.74, 6) is -0.482. The van der Waals surface area contributed by atoms with Gasteiger partial charge in [-0.15, -0.1) is 0 Å². The third-order valence-corrected chi connectivity index (χ3v) is 15.8. The van der Waals surface area contributed by atoms with E-state index in [1.807, 2.05) is 90.6 Å². The zero-order valence-corrected chi connectivity index (χ0v) is 43.3. The molecule has 11 nitrogen and oxygen atoms in total. The topological polar surface area (TPSA) is 121 Å². The lowest BCUT2D eigenvalue weighted by Crippen LogP contribution is -2.52. The molecule has 2 amide bonds. The van der Waals surface area contributed by atoms with Crippen molar-refractivity contribution in [2.45, 2.75) is 214 Å². The molecule has 0 heterocycles. The third-order valence-electron chi connectivity index (χ3n) is 11.2. The van der Waals surface area contributed by atoms with Crippen molar-refractivity contribution < 1.29 is 42.6 Å². The van der Waals surface area contributed by atoms with E-state index in [1.165, 1.54) is 0 Å². The number of allylic oxidation sites excluding steroid dienone is 4. The number of hydrogen-bond acceptors (Lipinski definition) is 9. The van der Waals surface area contributed by atoms with Crippen molar-refractivity contribution in [1.29, 1.82) is 0 Å². The van der Waals surface area contributed by atoms with Crippen LogP contribution in [0.4, 0.5) is 9.59 Å². The summed E-state index contributed by atoms with van der Waals surface area (Å²) in [4.78, 5) is 55.0. The van der Waals surface area contributed by atoms with Gasteiger partial charge in [-0.2, -0.15) is 0 Å². The van der Waals surface area contributed by atoms with Gasteiger partial charge in [0, 0.05) is 30.5 Å². The van der Waals surface area contributed by atoms with E-state index in [2.05, 4.69) is 72.0 Å². The molecule has 1 aromatic carbocycles. The number of carbonyl (C=O) groups is 4. The molecule has 0 aliphatic heterocycles. The van der Waals surface area contributed by atoms with Crippen molar-refractivity contribution in [2.24, 2.45) is 0 Å². The summed E-state index contributed by atoms with van der Waals surface area (Å²) in [5.41, 5.74) is -1.23. The Morgan fingerprint density at radius 2 is 0.952 bits per heavy atom. The van der Waals surface area contributed by atoms with Crippen LogP contribution < -0.4 is 0 Å². The van der Waals surface area contributed by atoms with Crippen molar-refractivity contribution in [3.05, 3.63) is 60.2 Å². The van der Waals surface area contributed by atoms with E-state index in [0.29, 0.717) is 32.6 Å². The molecule has 0 saturated heterocycles. The fraction of sp³-hybridized carbons (Fsp3) is 0.725. The van der Waals surface area contributed by atoms with Crippen molar-refractivity contribution in [2.75, 3.05) is 26.3 Å². The average Bonchev–Trinajstić information content (AvgIpc) is 3.14. The van der Waals surface area contributed by atoms with E-state index in [-0.39, 0.29) is 42.6 Å². The highest BCUT2D eigenvalue weighted by atomic mass is 28.4. The Kier molecular flexibility index (Phi) is 24.6. The second-order valence-electron chi connectivity index (χ2n) is 21.4. The van der Waals surface area contributed by atoms with Crippen LogP contribution in [0.3, 0.4) is 0 Å². The molecule has 12 heteroatoms. The lowest BCUT2D eigenvalue weighted by atomic mass is 9.95. The maximum absolute atomic E-state index is 13.4. The molecular weight excluding hydrogens is 813 g/mol. The Bertz CT molecular complexity index is 1570. The Morgan fingerprint density at radius 1 is 0.556 bits per heavy atom. The van der Waals surface area contributed by atoms with E-state index < -0.39 is 36.7 Å². The third kappa shape index (κ3) is 25.4. The highest BCUT2D eigenvalue weighted by molar-refractivity contribution is 6.74. The van der Waals surface area contributed by atoms with E-state index in [9.17, 15) is 19.2 Å². The first-order valence-electron chi connectivity index (χ1n) is 23.4. The Morgan fingerprint density at radius 3 is 1.37 bits per heavy atom. The molecule has 0 bridgehead atoms. The van der Waals surface area contributed by atoms with Gasteiger partial charge in [0.25, 0.3) is 0 Å². The molecule has 0 fully saturated rings. The molecule has 63 heavy (non-hydrogen) atoms. The van der Waals surface area contributed by atoms with Gasteiger partial charge in [0.15, 0.2) is 8.32 Å². The van der Waals surface area contributed by atoms with E-state index >= 15 is 0 Å². The first kappa shape index (κ1) is 57.4. The van der Waals surface area contributed by atoms with Gasteiger partial charge in [-0.1, -0.05) is 75.4 Å². The summed E-state index contributed by atoms with van der Waals surface area (Å²) >= 11 is 0. The molecular formula is C51H88N2O9Si. The molecule has 1 rings (SSSR count). The van der Waals surface area contributed by atoms with Crippen molar-refractivity contribution in [1.82, 2.24) is 9.80 Å². The number of carbonyl (C=O) groups excluding carboxylic acids is 4. The average molecular weight is 901 g/mol. The molecule has 0 aliphatic carbocycles. The van der Waals surface area contributed by atoms with Crippen molar-refractivity contribution >= 4 is 32.4 Å². The van der Waals surface area contributed by atoms with Crippen LogP contribution in [-0.4, -0.2) is 90.8 Å². The van der Waals surface area contributed by atoms with Crippen LogP contribution in [0.15, 0.2) is 54.6 Å². The highest BCUT2D eigenvalue weighted by Crippen LogP contribution is 2.36. The monoisotopic (exact) mass is 901 g/mol. The summed E-state index contributed by atoms with van der Waals surface area (Å²) < 4.78 is 28.9. The lowest BCUT2D eigenvalue weighted by molar-refractivity contribution is -0.145. The number of ether oxygens (including phenoxy) is 4. The van der Waals surface area contributed by atoms with Crippen LogP contribution in [0.5, 0.6) is 0 Å². The van der Waals surface area contributed by atoms with Crippen LogP contribution in [0, 0.1) is 0 Å². The quantitative estimate of drug-likeness (QED) is 0.0279. The molecule has 0 N–H and O–H groups in total. The molecule has 0 atom stereocenters. The molecule has 0 radical (unpaired) electrons. The second kappa shape index (κ2) is 27.0. The minimum atomic E-state index is -1.96. The van der Waals surface area contributed by atoms with Crippen LogP contribution in [0.25, 0.3) is 0 Å². The van der Waals surface area contributed by atoms with Crippen molar-refractivity contribution in [3.8, 4) is 0 Å². The van der Waals surface area contributed by atoms with Crippen LogP contribution in [-0.2, 0) is 39.6 Å². The van der Waals surface area contributed by atoms with Gasteiger partial charge >= 0.3 is 24.1 Å². The zero-order valence-electron chi connectivity index (χ0n) is 42.3.